The zero-order valence-corrected chi connectivity index (χ0v) is 12.9. The summed E-state index contributed by atoms with van der Waals surface area (Å²) in [6.07, 6.45) is 3.41. The van der Waals surface area contributed by atoms with Crippen LogP contribution < -0.4 is 5.32 Å². The number of rotatable bonds is 2. The van der Waals surface area contributed by atoms with Gasteiger partial charge in [-0.15, -0.1) is 0 Å². The Bertz CT molecular complexity index is 473. The first-order valence-electron chi connectivity index (χ1n) is 6.16. The van der Waals surface area contributed by atoms with Crippen LogP contribution in [0.15, 0.2) is 22.7 Å². The van der Waals surface area contributed by atoms with E-state index in [0.29, 0.717) is 10.6 Å². The lowest BCUT2D eigenvalue weighted by molar-refractivity contribution is 0.0910. The monoisotopic (exact) mass is 329 g/mol. The van der Waals surface area contributed by atoms with Gasteiger partial charge in [-0.3, -0.25) is 4.79 Å². The first-order chi connectivity index (χ1) is 8.40. The van der Waals surface area contributed by atoms with Gasteiger partial charge >= 0.3 is 0 Å². The molecule has 1 saturated carbocycles. The van der Waals surface area contributed by atoms with Gasteiger partial charge in [0.05, 0.1) is 5.02 Å². The molecule has 2 nitrogen and oxygen atoms in total. The van der Waals surface area contributed by atoms with Gasteiger partial charge < -0.3 is 5.32 Å². The highest BCUT2D eigenvalue weighted by molar-refractivity contribution is 9.10. The fourth-order valence-corrected chi connectivity index (χ4v) is 2.97. The Balaban J connectivity index is 2.10. The molecule has 0 saturated heterocycles. The molecule has 0 spiro atoms. The number of benzene rings is 1. The third kappa shape index (κ3) is 2.89. The summed E-state index contributed by atoms with van der Waals surface area (Å²) in [5.41, 5.74) is 0.841. The molecule has 1 aliphatic rings. The maximum atomic E-state index is 12.2. The topological polar surface area (TPSA) is 29.1 Å². The molecule has 1 fully saturated rings. The van der Waals surface area contributed by atoms with Gasteiger partial charge in [-0.1, -0.05) is 31.9 Å². The lowest BCUT2D eigenvalue weighted by Gasteiger charge is -2.27. The second kappa shape index (κ2) is 5.22. The number of hydrogen-bond donors (Lipinski definition) is 1. The van der Waals surface area contributed by atoms with Crippen LogP contribution >= 0.6 is 27.5 Å². The van der Waals surface area contributed by atoms with E-state index in [1.54, 1.807) is 18.2 Å². The van der Waals surface area contributed by atoms with Crippen molar-refractivity contribution in [3.05, 3.63) is 33.3 Å². The molecule has 1 N–H and O–H groups in total. The van der Waals surface area contributed by atoms with Crippen molar-refractivity contribution in [3.63, 3.8) is 0 Å². The van der Waals surface area contributed by atoms with Crippen molar-refractivity contribution in [2.75, 3.05) is 0 Å². The average Bonchev–Trinajstić information content (AvgIpc) is 2.62. The summed E-state index contributed by atoms with van der Waals surface area (Å²) in [6, 6.07) is 5.52. The highest BCUT2D eigenvalue weighted by Gasteiger charge is 2.35. The summed E-state index contributed by atoms with van der Waals surface area (Å²) in [7, 11) is 0. The number of nitrogens with one attached hydrogen (secondary N) is 1. The Morgan fingerprint density at radius 1 is 1.50 bits per heavy atom. The molecule has 1 atom stereocenters. The first-order valence-corrected chi connectivity index (χ1v) is 7.33. The first kappa shape index (κ1) is 13.9. The maximum absolute atomic E-state index is 12.2. The van der Waals surface area contributed by atoms with Gasteiger partial charge in [-0.2, -0.15) is 0 Å². The molecule has 1 aliphatic carbocycles. The Hall–Kier alpha value is -0.540. The molecular formula is C14H17BrClNO. The highest BCUT2D eigenvalue weighted by atomic mass is 79.9. The van der Waals surface area contributed by atoms with E-state index in [9.17, 15) is 4.79 Å². The van der Waals surface area contributed by atoms with Crippen LogP contribution in [0.25, 0.3) is 0 Å². The van der Waals surface area contributed by atoms with Gasteiger partial charge in [0.25, 0.3) is 5.91 Å². The van der Waals surface area contributed by atoms with Crippen LogP contribution in [0.5, 0.6) is 0 Å². The van der Waals surface area contributed by atoms with E-state index in [2.05, 4.69) is 35.1 Å². The molecule has 1 aromatic rings. The molecule has 0 heterocycles. The summed E-state index contributed by atoms with van der Waals surface area (Å²) in [5, 5.41) is 3.75. The summed E-state index contributed by atoms with van der Waals surface area (Å²) >= 11 is 9.26. The second-order valence-electron chi connectivity index (χ2n) is 5.54. The molecule has 0 bridgehead atoms. The van der Waals surface area contributed by atoms with Crippen molar-refractivity contribution < 1.29 is 4.79 Å². The van der Waals surface area contributed by atoms with E-state index in [0.717, 1.165) is 10.9 Å². The van der Waals surface area contributed by atoms with Crippen molar-refractivity contribution in [2.24, 2.45) is 5.41 Å². The Morgan fingerprint density at radius 3 is 2.78 bits per heavy atom. The van der Waals surface area contributed by atoms with Crippen LogP contribution in [0.2, 0.25) is 5.02 Å². The van der Waals surface area contributed by atoms with Crippen LogP contribution in [0.3, 0.4) is 0 Å². The lowest BCUT2D eigenvalue weighted by Crippen LogP contribution is -2.41. The lowest BCUT2D eigenvalue weighted by atomic mass is 9.87. The van der Waals surface area contributed by atoms with Crippen LogP contribution in [0.1, 0.15) is 43.5 Å². The largest absolute Gasteiger partial charge is 0.349 e. The second-order valence-corrected chi connectivity index (χ2v) is 6.80. The van der Waals surface area contributed by atoms with E-state index in [1.807, 2.05) is 0 Å². The van der Waals surface area contributed by atoms with Gasteiger partial charge in [0, 0.05) is 16.1 Å². The number of halogens is 2. The summed E-state index contributed by atoms with van der Waals surface area (Å²) in [4.78, 5) is 12.2. The van der Waals surface area contributed by atoms with Gasteiger partial charge in [-0.05, 0) is 52.4 Å². The number of carbonyl (C=O) groups excluding carboxylic acids is 1. The van der Waals surface area contributed by atoms with Gasteiger partial charge in [0.1, 0.15) is 0 Å². The third-order valence-corrected chi connectivity index (χ3v) is 4.96. The zero-order chi connectivity index (χ0) is 13.3. The van der Waals surface area contributed by atoms with Crippen LogP contribution in [-0.2, 0) is 0 Å². The van der Waals surface area contributed by atoms with Gasteiger partial charge in [0.2, 0.25) is 0 Å². The molecule has 1 amide bonds. The zero-order valence-electron chi connectivity index (χ0n) is 10.6. The minimum atomic E-state index is -0.0210. The van der Waals surface area contributed by atoms with Crippen molar-refractivity contribution in [2.45, 2.75) is 39.2 Å². The SMILES string of the molecule is CC1(C)CCCC1NC(=O)c1ccc(Cl)c(Br)c1. The molecule has 98 valence electrons. The maximum Gasteiger partial charge on any atom is 0.251 e. The van der Waals surface area contributed by atoms with Crippen molar-refractivity contribution >= 4 is 33.4 Å². The smallest absolute Gasteiger partial charge is 0.251 e. The summed E-state index contributed by atoms with van der Waals surface area (Å²) in [6.45, 7) is 4.42. The molecule has 18 heavy (non-hydrogen) atoms. The molecule has 4 heteroatoms. The standard InChI is InChI=1S/C14H17BrClNO/c1-14(2)7-3-4-12(14)17-13(18)9-5-6-11(16)10(15)8-9/h5-6,8,12H,3-4,7H2,1-2H3,(H,17,18). The molecule has 0 aromatic heterocycles. The quantitative estimate of drug-likeness (QED) is 0.855. The van der Waals surface area contributed by atoms with E-state index in [-0.39, 0.29) is 17.4 Å². The van der Waals surface area contributed by atoms with E-state index >= 15 is 0 Å². The molecule has 1 aromatic carbocycles. The molecule has 0 aliphatic heterocycles. The molecular weight excluding hydrogens is 314 g/mol. The summed E-state index contributed by atoms with van der Waals surface area (Å²) in [5.74, 6) is -0.0210. The van der Waals surface area contributed by atoms with E-state index in [1.165, 1.54) is 12.8 Å². The number of carbonyl (C=O) groups is 1. The van der Waals surface area contributed by atoms with Gasteiger partial charge in [0.15, 0.2) is 0 Å². The highest BCUT2D eigenvalue weighted by Crippen LogP contribution is 2.37. The van der Waals surface area contributed by atoms with Crippen LogP contribution in [0, 0.1) is 5.41 Å². The minimum absolute atomic E-state index is 0.0210. The van der Waals surface area contributed by atoms with Crippen LogP contribution in [0.4, 0.5) is 0 Å². The van der Waals surface area contributed by atoms with Gasteiger partial charge in [-0.25, -0.2) is 0 Å². The van der Waals surface area contributed by atoms with Crippen molar-refractivity contribution in [3.8, 4) is 0 Å². The van der Waals surface area contributed by atoms with E-state index < -0.39 is 0 Å². The Labute approximate surface area is 121 Å². The Kier molecular flexibility index (Phi) is 4.02. The summed E-state index contributed by atoms with van der Waals surface area (Å²) < 4.78 is 0.752. The molecule has 2 rings (SSSR count). The molecule has 1 unspecified atom stereocenters. The van der Waals surface area contributed by atoms with Crippen LogP contribution in [-0.4, -0.2) is 11.9 Å². The predicted octanol–water partition coefficient (Wildman–Crippen LogP) is 4.41. The van der Waals surface area contributed by atoms with Crippen molar-refractivity contribution in [1.29, 1.82) is 0 Å². The third-order valence-electron chi connectivity index (χ3n) is 3.74. The predicted molar refractivity (Wildman–Crippen MR) is 78.0 cm³/mol. The number of hydrogen-bond acceptors (Lipinski definition) is 1. The van der Waals surface area contributed by atoms with E-state index in [4.69, 9.17) is 11.6 Å². The molecule has 0 radical (unpaired) electrons. The number of amides is 1. The fraction of sp³-hybridized carbons (Fsp3) is 0.500. The fourth-order valence-electron chi connectivity index (χ4n) is 2.47. The minimum Gasteiger partial charge on any atom is -0.349 e. The Morgan fingerprint density at radius 2 is 2.22 bits per heavy atom. The van der Waals surface area contributed by atoms with Crippen molar-refractivity contribution in [1.82, 2.24) is 5.32 Å². The normalized spacial score (nSPS) is 21.9. The average molecular weight is 331 g/mol.